The van der Waals surface area contributed by atoms with Crippen LogP contribution < -0.4 is 10.5 Å². The van der Waals surface area contributed by atoms with Gasteiger partial charge in [0, 0.05) is 0 Å². The summed E-state index contributed by atoms with van der Waals surface area (Å²) in [7, 11) is 0. The average Bonchev–Trinajstić information content (AvgIpc) is 2.77. The van der Waals surface area contributed by atoms with Gasteiger partial charge in [0.05, 0.1) is 25.9 Å². The Bertz CT molecular complexity index is 567. The second kappa shape index (κ2) is 14.0. The highest BCUT2D eigenvalue weighted by molar-refractivity contribution is 5.26. The smallest absolute Gasteiger partial charge is 0.176 e. The molecule has 30 heavy (non-hydrogen) atoms. The van der Waals surface area contributed by atoms with Crippen LogP contribution in [0.2, 0.25) is 0 Å². The minimum Gasteiger partial charge on any atom is -0.494 e. The fraction of sp³-hybridized carbons (Fsp3) is 0.739. The number of aliphatic hydroxyl groups is 3. The fourth-order valence-corrected chi connectivity index (χ4v) is 3.54. The quantitative estimate of drug-likeness (QED) is 0.339. The number of hydrogen-bond acceptors (Lipinski definition) is 7. The number of unbranched alkanes of at least 4 members (excludes halogenated alkanes) is 7. The van der Waals surface area contributed by atoms with Gasteiger partial charge in [0.25, 0.3) is 0 Å². The Labute approximate surface area is 180 Å². The number of aliphatic hydroxyl groups excluding tert-OH is 3. The van der Waals surface area contributed by atoms with E-state index in [-0.39, 0.29) is 6.61 Å². The molecular formula is C23H39NO6. The molecule has 0 amide bonds. The van der Waals surface area contributed by atoms with Crippen molar-refractivity contribution in [3.8, 4) is 5.75 Å². The van der Waals surface area contributed by atoms with Gasteiger partial charge < -0.3 is 35.3 Å². The van der Waals surface area contributed by atoms with Gasteiger partial charge in [0.2, 0.25) is 0 Å². The van der Waals surface area contributed by atoms with Crippen LogP contribution in [0.25, 0.3) is 0 Å². The van der Waals surface area contributed by atoms with Gasteiger partial charge in [-0.25, -0.2) is 0 Å². The Hall–Kier alpha value is -1.22. The second-order valence-electron chi connectivity index (χ2n) is 8.06. The Morgan fingerprint density at radius 1 is 0.933 bits per heavy atom. The van der Waals surface area contributed by atoms with Crippen LogP contribution in [-0.2, 0) is 16.1 Å². The summed E-state index contributed by atoms with van der Waals surface area (Å²) in [4.78, 5) is 0. The van der Waals surface area contributed by atoms with Crippen molar-refractivity contribution in [2.45, 2.75) is 95.5 Å². The number of ether oxygens (including phenoxy) is 3. The van der Waals surface area contributed by atoms with Crippen molar-refractivity contribution in [3.05, 3.63) is 29.8 Å². The summed E-state index contributed by atoms with van der Waals surface area (Å²) in [6, 6.07) is 6.73. The minimum atomic E-state index is -1.23. The number of hydrogen-bond donors (Lipinski definition) is 4. The van der Waals surface area contributed by atoms with Crippen LogP contribution in [0.15, 0.2) is 24.3 Å². The first-order valence-electron chi connectivity index (χ1n) is 11.3. The van der Waals surface area contributed by atoms with Crippen molar-refractivity contribution < 1.29 is 29.5 Å². The zero-order chi connectivity index (χ0) is 21.8. The molecule has 7 nitrogen and oxygen atoms in total. The van der Waals surface area contributed by atoms with E-state index < -0.39 is 37.3 Å². The van der Waals surface area contributed by atoms with Crippen molar-refractivity contribution in [2.24, 2.45) is 5.73 Å². The Morgan fingerprint density at radius 3 is 2.20 bits per heavy atom. The predicted octanol–water partition coefficient (Wildman–Crippen LogP) is 2.49. The van der Waals surface area contributed by atoms with Crippen molar-refractivity contribution in [1.82, 2.24) is 0 Å². The molecule has 0 spiro atoms. The summed E-state index contributed by atoms with van der Waals surface area (Å²) < 4.78 is 16.9. The Morgan fingerprint density at radius 2 is 1.57 bits per heavy atom. The van der Waals surface area contributed by atoms with Gasteiger partial charge in [-0.3, -0.25) is 0 Å². The van der Waals surface area contributed by atoms with Crippen LogP contribution >= 0.6 is 0 Å². The van der Waals surface area contributed by atoms with Crippen molar-refractivity contribution >= 4 is 0 Å². The van der Waals surface area contributed by atoms with Crippen molar-refractivity contribution in [1.29, 1.82) is 0 Å². The molecule has 7 heteroatoms. The van der Waals surface area contributed by atoms with E-state index in [9.17, 15) is 15.3 Å². The standard InChI is InChI=1S/C23H39NO6/c1-2-3-4-5-6-7-8-9-14-28-18-12-10-17(11-13-18)16-29-23-20(24)22(27)21(26)19(15-25)30-23/h10-13,19-23,25-27H,2-9,14-16,24H2,1H3/t19-,20-,21-,22-,23+/m1/s1. The SMILES string of the molecule is CCCCCCCCCCOc1ccc(CO[C@H]2O[C@H](CO)[C@@H](O)[C@H](O)[C@H]2N)cc1. The third-order valence-electron chi connectivity index (χ3n) is 5.53. The van der Waals surface area contributed by atoms with E-state index in [1.807, 2.05) is 24.3 Å². The molecule has 2 rings (SSSR count). The third kappa shape index (κ3) is 8.13. The predicted molar refractivity (Wildman–Crippen MR) is 115 cm³/mol. The molecule has 5 N–H and O–H groups in total. The fourth-order valence-electron chi connectivity index (χ4n) is 3.54. The zero-order valence-corrected chi connectivity index (χ0v) is 18.1. The number of benzene rings is 1. The first kappa shape index (κ1) is 25.0. The number of nitrogens with two attached hydrogens (primary N) is 1. The van der Waals surface area contributed by atoms with E-state index in [0.29, 0.717) is 0 Å². The Kier molecular flexibility index (Phi) is 11.7. The van der Waals surface area contributed by atoms with Gasteiger partial charge >= 0.3 is 0 Å². The summed E-state index contributed by atoms with van der Waals surface area (Å²) >= 11 is 0. The highest BCUT2D eigenvalue weighted by Gasteiger charge is 2.42. The summed E-state index contributed by atoms with van der Waals surface area (Å²) in [5.74, 6) is 0.825. The second-order valence-corrected chi connectivity index (χ2v) is 8.06. The van der Waals surface area contributed by atoms with Gasteiger partial charge in [0.15, 0.2) is 6.29 Å². The van der Waals surface area contributed by atoms with Gasteiger partial charge in [-0.1, -0.05) is 64.0 Å². The summed E-state index contributed by atoms with van der Waals surface area (Å²) in [6.45, 7) is 2.77. The maximum atomic E-state index is 9.97. The number of rotatable bonds is 14. The molecular weight excluding hydrogens is 386 g/mol. The lowest BCUT2D eigenvalue weighted by atomic mass is 9.98. The maximum absolute atomic E-state index is 9.97. The van der Waals surface area contributed by atoms with Gasteiger partial charge in [-0.05, 0) is 24.1 Å². The van der Waals surface area contributed by atoms with Crippen molar-refractivity contribution in [3.63, 3.8) is 0 Å². The van der Waals surface area contributed by atoms with E-state index in [2.05, 4.69) is 6.92 Å². The molecule has 172 valence electrons. The van der Waals surface area contributed by atoms with Crippen LogP contribution in [0.5, 0.6) is 5.75 Å². The third-order valence-corrected chi connectivity index (χ3v) is 5.53. The van der Waals surface area contributed by atoms with E-state index >= 15 is 0 Å². The molecule has 1 saturated heterocycles. The molecule has 1 heterocycles. The normalized spacial score (nSPS) is 26.6. The largest absolute Gasteiger partial charge is 0.494 e. The van der Waals surface area contributed by atoms with Gasteiger partial charge in [-0.15, -0.1) is 0 Å². The van der Waals surface area contributed by atoms with Crippen LogP contribution in [0.4, 0.5) is 0 Å². The molecule has 0 aliphatic carbocycles. The lowest BCUT2D eigenvalue weighted by molar-refractivity contribution is -0.269. The first-order chi connectivity index (χ1) is 14.6. The molecule has 0 saturated carbocycles. The van der Waals surface area contributed by atoms with E-state index in [1.54, 1.807) is 0 Å². The molecule has 0 bridgehead atoms. The summed E-state index contributed by atoms with van der Waals surface area (Å²) in [5, 5.41) is 29.0. The lowest BCUT2D eigenvalue weighted by Gasteiger charge is -2.40. The van der Waals surface area contributed by atoms with Crippen LogP contribution in [0.3, 0.4) is 0 Å². The highest BCUT2D eigenvalue weighted by Crippen LogP contribution is 2.22. The molecule has 0 unspecified atom stereocenters. The van der Waals surface area contributed by atoms with Crippen molar-refractivity contribution in [2.75, 3.05) is 13.2 Å². The Balaban J connectivity index is 1.63. The molecule has 1 fully saturated rings. The molecule has 1 aliphatic heterocycles. The van der Waals surface area contributed by atoms with Crippen LogP contribution in [0, 0.1) is 0 Å². The minimum absolute atomic E-state index is 0.234. The highest BCUT2D eigenvalue weighted by atomic mass is 16.7. The van der Waals surface area contributed by atoms with E-state index in [4.69, 9.17) is 19.9 Å². The van der Waals surface area contributed by atoms with Gasteiger partial charge in [-0.2, -0.15) is 0 Å². The van der Waals surface area contributed by atoms with E-state index in [0.717, 1.165) is 24.3 Å². The molecule has 0 aromatic heterocycles. The maximum Gasteiger partial charge on any atom is 0.176 e. The average molecular weight is 426 g/mol. The molecule has 5 atom stereocenters. The summed E-state index contributed by atoms with van der Waals surface area (Å²) in [6.07, 6.45) is 5.92. The molecule has 1 aliphatic rings. The van der Waals surface area contributed by atoms with Crippen LogP contribution in [0.1, 0.15) is 63.9 Å². The summed E-state index contributed by atoms with van der Waals surface area (Å²) in [5.41, 5.74) is 6.78. The van der Waals surface area contributed by atoms with Crippen LogP contribution in [-0.4, -0.2) is 59.2 Å². The monoisotopic (exact) mass is 425 g/mol. The lowest BCUT2D eigenvalue weighted by Crippen LogP contribution is -2.62. The zero-order valence-electron chi connectivity index (χ0n) is 18.1. The first-order valence-corrected chi connectivity index (χ1v) is 11.3. The van der Waals surface area contributed by atoms with Gasteiger partial charge in [0.1, 0.15) is 24.1 Å². The van der Waals surface area contributed by atoms with E-state index in [1.165, 1.54) is 44.9 Å². The topological polar surface area (TPSA) is 114 Å². The molecule has 1 aromatic rings. The molecule has 0 radical (unpaired) electrons. The molecule has 1 aromatic carbocycles.